The van der Waals surface area contributed by atoms with E-state index in [1.807, 2.05) is 0 Å². The van der Waals surface area contributed by atoms with Gasteiger partial charge in [0.15, 0.2) is 6.10 Å². The normalized spacial score (nSPS) is 13.0. The number of allylic oxidation sites excluding steroid dienone is 22. The summed E-state index contributed by atoms with van der Waals surface area (Å²) >= 11 is 0. The van der Waals surface area contributed by atoms with E-state index in [2.05, 4.69) is 154 Å². The first-order valence-electron chi connectivity index (χ1n) is 31.2. The van der Waals surface area contributed by atoms with Crippen molar-refractivity contribution in [3.63, 3.8) is 0 Å². The maximum absolute atomic E-state index is 12.8. The fourth-order valence-corrected chi connectivity index (χ4v) is 8.23. The van der Waals surface area contributed by atoms with Crippen molar-refractivity contribution < 1.29 is 28.6 Å². The molecule has 0 heterocycles. The van der Waals surface area contributed by atoms with Crippen molar-refractivity contribution >= 4 is 17.9 Å². The minimum absolute atomic E-state index is 0.0910. The van der Waals surface area contributed by atoms with E-state index < -0.39 is 6.10 Å². The SMILES string of the molecule is CC/C=C\C/C=C\C/C=C\C/C=C\C/C=C\C/C=C\C/C=C\C/C=C\C/C=C\C/C=C\CCCCCCC(=O)OCC(COC(=O)CCCCCCCCC)OC(=O)CCCCCCC/C=C\CCCCCCCCC. The number of carbonyl (C=O) groups excluding carboxylic acids is 3. The quantitative estimate of drug-likeness (QED) is 0.0261. The second-order valence-electron chi connectivity index (χ2n) is 20.2. The average molecular weight is 1050 g/mol. The highest BCUT2D eigenvalue weighted by Gasteiger charge is 2.19. The molecule has 430 valence electrons. The van der Waals surface area contributed by atoms with E-state index in [1.165, 1.54) is 83.5 Å². The van der Waals surface area contributed by atoms with E-state index in [0.29, 0.717) is 19.3 Å². The highest BCUT2D eigenvalue weighted by molar-refractivity contribution is 5.71. The van der Waals surface area contributed by atoms with E-state index in [1.54, 1.807) is 0 Å². The molecule has 6 heteroatoms. The first-order valence-corrected chi connectivity index (χ1v) is 31.2. The van der Waals surface area contributed by atoms with Gasteiger partial charge in [-0.05, 0) is 122 Å². The summed E-state index contributed by atoms with van der Waals surface area (Å²) in [5, 5.41) is 0. The van der Waals surface area contributed by atoms with E-state index in [4.69, 9.17) is 14.2 Å². The lowest BCUT2D eigenvalue weighted by atomic mass is 10.1. The summed E-state index contributed by atoms with van der Waals surface area (Å²) in [7, 11) is 0. The maximum Gasteiger partial charge on any atom is 0.306 e. The molecule has 0 radical (unpaired) electrons. The van der Waals surface area contributed by atoms with E-state index in [0.717, 1.165) is 148 Å². The molecule has 0 amide bonds. The summed E-state index contributed by atoms with van der Waals surface area (Å²) in [4.78, 5) is 38.0. The predicted octanol–water partition coefficient (Wildman–Crippen LogP) is 21.4. The summed E-state index contributed by atoms with van der Waals surface area (Å²) in [5.74, 6) is -0.933. The third kappa shape index (κ3) is 60.4. The monoisotopic (exact) mass is 1050 g/mol. The van der Waals surface area contributed by atoms with Crippen LogP contribution in [0, 0.1) is 0 Å². The number of hydrogen-bond donors (Lipinski definition) is 0. The molecule has 0 N–H and O–H groups in total. The largest absolute Gasteiger partial charge is 0.462 e. The molecule has 0 bridgehead atoms. The molecule has 0 aromatic rings. The van der Waals surface area contributed by atoms with E-state index in [9.17, 15) is 14.4 Å². The van der Waals surface area contributed by atoms with Crippen LogP contribution in [0.15, 0.2) is 134 Å². The lowest BCUT2D eigenvalue weighted by Crippen LogP contribution is -2.30. The molecule has 0 spiro atoms. The highest BCUT2D eigenvalue weighted by Crippen LogP contribution is 2.14. The minimum atomic E-state index is -0.793. The third-order valence-corrected chi connectivity index (χ3v) is 12.9. The number of rotatable bonds is 55. The average Bonchev–Trinajstić information content (AvgIpc) is 3.42. The Morgan fingerprint density at radius 1 is 0.276 bits per heavy atom. The fraction of sp³-hybridized carbons (Fsp3) is 0.643. The second-order valence-corrected chi connectivity index (χ2v) is 20.2. The first-order chi connectivity index (χ1) is 37.5. The lowest BCUT2D eigenvalue weighted by molar-refractivity contribution is -0.167. The number of carbonyl (C=O) groups is 3. The summed E-state index contributed by atoms with van der Waals surface area (Å²) < 4.78 is 16.8. The molecule has 0 saturated carbocycles. The van der Waals surface area contributed by atoms with Crippen molar-refractivity contribution in [1.82, 2.24) is 0 Å². The Kier molecular flexibility index (Phi) is 59.4. The molecule has 0 aromatic heterocycles. The van der Waals surface area contributed by atoms with Gasteiger partial charge in [-0.2, -0.15) is 0 Å². The number of unbranched alkanes of at least 4 members (excludes halogenated alkanes) is 22. The van der Waals surface area contributed by atoms with Gasteiger partial charge >= 0.3 is 17.9 Å². The highest BCUT2D eigenvalue weighted by atomic mass is 16.6. The van der Waals surface area contributed by atoms with Gasteiger partial charge in [0.1, 0.15) is 13.2 Å². The molecule has 76 heavy (non-hydrogen) atoms. The van der Waals surface area contributed by atoms with Gasteiger partial charge in [0.25, 0.3) is 0 Å². The van der Waals surface area contributed by atoms with Gasteiger partial charge in [0.05, 0.1) is 0 Å². The summed E-state index contributed by atoms with van der Waals surface area (Å²) in [6.45, 7) is 6.45. The molecule has 0 aliphatic rings. The van der Waals surface area contributed by atoms with Crippen molar-refractivity contribution in [3.8, 4) is 0 Å². The topological polar surface area (TPSA) is 78.9 Å². The smallest absolute Gasteiger partial charge is 0.306 e. The van der Waals surface area contributed by atoms with Crippen LogP contribution in [0.1, 0.15) is 271 Å². The van der Waals surface area contributed by atoms with Crippen LogP contribution < -0.4 is 0 Å². The maximum atomic E-state index is 12.8. The predicted molar refractivity (Wildman–Crippen MR) is 329 cm³/mol. The molecule has 6 nitrogen and oxygen atoms in total. The van der Waals surface area contributed by atoms with Crippen LogP contribution in [0.4, 0.5) is 0 Å². The third-order valence-electron chi connectivity index (χ3n) is 12.9. The number of hydrogen-bond acceptors (Lipinski definition) is 6. The summed E-state index contributed by atoms with van der Waals surface area (Å²) in [6, 6.07) is 0. The van der Waals surface area contributed by atoms with Crippen LogP contribution in [0.5, 0.6) is 0 Å². The standard InChI is InChI=1S/C70H114O6/c1-4-7-10-13-16-18-20-22-24-26-27-28-29-30-31-32-33-34-35-36-37-38-39-40-41-42-43-44-46-47-49-51-54-57-60-63-69(72)75-66-67(65-74-68(71)62-59-56-53-15-12-9-6-3)76-70(73)64-61-58-55-52-50-48-45-25-23-21-19-17-14-11-8-5-2/h7,10,16,18,22,24-25,27-28,30-31,33-34,36-37,39-40,42-43,45-47,67H,4-6,8-9,11-15,17,19-21,23,26,29,32,35,38,41,44,48-66H2,1-3H3/b10-7-,18-16-,24-22-,28-27-,31-30-,34-33-,37-36-,40-39-,43-42-,45-25-,47-46-. The van der Waals surface area contributed by atoms with Crippen LogP contribution in [0.2, 0.25) is 0 Å². The van der Waals surface area contributed by atoms with Crippen molar-refractivity contribution in [3.05, 3.63) is 134 Å². The number of ether oxygens (including phenoxy) is 3. The molecule has 0 aliphatic carbocycles. The van der Waals surface area contributed by atoms with Gasteiger partial charge in [0, 0.05) is 19.3 Å². The van der Waals surface area contributed by atoms with Gasteiger partial charge in [0.2, 0.25) is 0 Å². The van der Waals surface area contributed by atoms with Gasteiger partial charge < -0.3 is 14.2 Å². The summed E-state index contributed by atoms with van der Waals surface area (Å²) in [5.41, 5.74) is 0. The zero-order valence-electron chi connectivity index (χ0n) is 49.2. The van der Waals surface area contributed by atoms with Crippen LogP contribution in [-0.2, 0) is 28.6 Å². The van der Waals surface area contributed by atoms with Crippen LogP contribution in [-0.4, -0.2) is 37.2 Å². The minimum Gasteiger partial charge on any atom is -0.462 e. The zero-order chi connectivity index (χ0) is 55.0. The van der Waals surface area contributed by atoms with Crippen molar-refractivity contribution in [2.75, 3.05) is 13.2 Å². The van der Waals surface area contributed by atoms with Crippen molar-refractivity contribution in [2.45, 2.75) is 277 Å². The van der Waals surface area contributed by atoms with Crippen LogP contribution in [0.25, 0.3) is 0 Å². The summed E-state index contributed by atoms with van der Waals surface area (Å²) in [6.07, 6.45) is 89.1. The Hall–Kier alpha value is -4.45. The molecule has 0 aliphatic heterocycles. The lowest BCUT2D eigenvalue weighted by Gasteiger charge is -2.18. The first kappa shape index (κ1) is 71.5. The molecule has 0 saturated heterocycles. The molecule has 1 atom stereocenters. The molecule has 0 fully saturated rings. The van der Waals surface area contributed by atoms with Crippen LogP contribution >= 0.6 is 0 Å². The van der Waals surface area contributed by atoms with Gasteiger partial charge in [-0.15, -0.1) is 0 Å². The zero-order valence-corrected chi connectivity index (χ0v) is 49.2. The van der Waals surface area contributed by atoms with E-state index in [-0.39, 0.29) is 31.1 Å². The Bertz CT molecular complexity index is 1630. The Labute approximate surface area is 468 Å². The van der Waals surface area contributed by atoms with Gasteiger partial charge in [-0.25, -0.2) is 0 Å². The molecule has 0 aromatic carbocycles. The molecular weight excluding hydrogens is 937 g/mol. The molecular formula is C70H114O6. The molecule has 1 unspecified atom stereocenters. The fourth-order valence-electron chi connectivity index (χ4n) is 8.23. The Morgan fingerprint density at radius 3 is 0.816 bits per heavy atom. The number of esters is 3. The van der Waals surface area contributed by atoms with Gasteiger partial charge in [-0.3, -0.25) is 14.4 Å². The molecule has 0 rings (SSSR count). The van der Waals surface area contributed by atoms with Crippen LogP contribution in [0.3, 0.4) is 0 Å². The second kappa shape index (κ2) is 63.1. The van der Waals surface area contributed by atoms with Crippen molar-refractivity contribution in [1.29, 1.82) is 0 Å². The van der Waals surface area contributed by atoms with Gasteiger partial charge in [-0.1, -0.05) is 264 Å². The Balaban J connectivity index is 4.20. The van der Waals surface area contributed by atoms with E-state index >= 15 is 0 Å². The Morgan fingerprint density at radius 2 is 0.513 bits per heavy atom. The van der Waals surface area contributed by atoms with Crippen molar-refractivity contribution in [2.24, 2.45) is 0 Å².